The molecular formula is C12H12FN3O3S. The molecule has 0 saturated heterocycles. The summed E-state index contributed by atoms with van der Waals surface area (Å²) in [4.78, 5) is 22.5. The SMILES string of the molecule is NC(=O)OCCNC(=O)c1sc2cccc(F)c2c1N. The molecule has 0 aliphatic heterocycles. The van der Waals surface area contributed by atoms with Crippen molar-refractivity contribution in [3.05, 3.63) is 28.9 Å². The standard InChI is InChI=1S/C12H12FN3O3S/c13-6-2-1-3-7-8(6)9(14)10(20-7)11(17)16-4-5-19-12(15)18/h1-3H,4-5,14H2,(H2,15,18)(H,16,17). The summed E-state index contributed by atoms with van der Waals surface area (Å²) in [6.45, 7) is 0.0537. The van der Waals surface area contributed by atoms with Crippen LogP contribution in [-0.4, -0.2) is 25.2 Å². The number of nitrogens with one attached hydrogen (secondary N) is 1. The molecule has 1 aromatic heterocycles. The number of carbonyl (C=O) groups excluding carboxylic acids is 2. The zero-order chi connectivity index (χ0) is 14.7. The number of amides is 2. The second-order valence-electron chi connectivity index (χ2n) is 3.88. The molecule has 0 bridgehead atoms. The highest BCUT2D eigenvalue weighted by atomic mass is 32.1. The molecule has 6 nitrogen and oxygen atoms in total. The number of halogens is 1. The number of primary amides is 1. The maximum absolute atomic E-state index is 13.6. The first kappa shape index (κ1) is 14.1. The molecule has 0 fully saturated rings. The summed E-state index contributed by atoms with van der Waals surface area (Å²) in [7, 11) is 0. The van der Waals surface area contributed by atoms with Crippen LogP contribution in [0.4, 0.5) is 14.9 Å². The van der Waals surface area contributed by atoms with Gasteiger partial charge < -0.3 is 21.5 Å². The molecule has 2 amide bonds. The Morgan fingerprint density at radius 2 is 2.15 bits per heavy atom. The van der Waals surface area contributed by atoms with E-state index in [0.717, 1.165) is 11.3 Å². The van der Waals surface area contributed by atoms with Crippen LogP contribution in [0.5, 0.6) is 0 Å². The minimum atomic E-state index is -0.914. The first-order valence-electron chi connectivity index (χ1n) is 5.67. The quantitative estimate of drug-likeness (QED) is 0.742. The van der Waals surface area contributed by atoms with Crippen molar-refractivity contribution < 1.29 is 18.7 Å². The van der Waals surface area contributed by atoms with E-state index in [0.29, 0.717) is 4.70 Å². The number of hydrogen-bond donors (Lipinski definition) is 3. The van der Waals surface area contributed by atoms with E-state index in [-0.39, 0.29) is 29.1 Å². The van der Waals surface area contributed by atoms with Crippen molar-refractivity contribution in [1.82, 2.24) is 5.32 Å². The number of thiophene rings is 1. The van der Waals surface area contributed by atoms with Crippen molar-refractivity contribution in [2.45, 2.75) is 0 Å². The lowest BCUT2D eigenvalue weighted by Gasteiger charge is -2.04. The predicted octanol–water partition coefficient (Wildman–Crippen LogP) is 1.45. The van der Waals surface area contributed by atoms with E-state index in [1.54, 1.807) is 12.1 Å². The fourth-order valence-corrected chi connectivity index (χ4v) is 2.75. The number of anilines is 1. The molecule has 0 aliphatic rings. The maximum Gasteiger partial charge on any atom is 0.404 e. The zero-order valence-electron chi connectivity index (χ0n) is 10.3. The van der Waals surface area contributed by atoms with Crippen molar-refractivity contribution in [2.75, 3.05) is 18.9 Å². The predicted molar refractivity (Wildman–Crippen MR) is 74.1 cm³/mol. The minimum Gasteiger partial charge on any atom is -0.448 e. The fraction of sp³-hybridized carbons (Fsp3) is 0.167. The van der Waals surface area contributed by atoms with Gasteiger partial charge in [-0.05, 0) is 12.1 Å². The molecule has 0 unspecified atom stereocenters. The van der Waals surface area contributed by atoms with E-state index >= 15 is 0 Å². The summed E-state index contributed by atoms with van der Waals surface area (Å²) in [6.07, 6.45) is -0.914. The lowest BCUT2D eigenvalue weighted by molar-refractivity contribution is 0.0941. The molecule has 2 rings (SSSR count). The van der Waals surface area contributed by atoms with Gasteiger partial charge in [-0.3, -0.25) is 4.79 Å². The molecule has 0 radical (unpaired) electrons. The molecule has 106 valence electrons. The van der Waals surface area contributed by atoms with Crippen LogP contribution in [0.2, 0.25) is 0 Å². The van der Waals surface area contributed by atoms with Gasteiger partial charge >= 0.3 is 6.09 Å². The topological polar surface area (TPSA) is 107 Å². The molecule has 20 heavy (non-hydrogen) atoms. The highest BCUT2D eigenvalue weighted by Gasteiger charge is 2.18. The van der Waals surface area contributed by atoms with Crippen molar-refractivity contribution in [3.63, 3.8) is 0 Å². The van der Waals surface area contributed by atoms with E-state index in [2.05, 4.69) is 10.1 Å². The second-order valence-corrected chi connectivity index (χ2v) is 4.93. The van der Waals surface area contributed by atoms with Gasteiger partial charge in [-0.25, -0.2) is 9.18 Å². The first-order chi connectivity index (χ1) is 9.50. The Morgan fingerprint density at radius 1 is 1.40 bits per heavy atom. The highest BCUT2D eigenvalue weighted by Crippen LogP contribution is 2.35. The average Bonchev–Trinajstić information content (AvgIpc) is 2.73. The van der Waals surface area contributed by atoms with Crippen LogP contribution in [0, 0.1) is 5.82 Å². The van der Waals surface area contributed by atoms with Crippen LogP contribution in [-0.2, 0) is 4.74 Å². The lowest BCUT2D eigenvalue weighted by Crippen LogP contribution is -2.28. The van der Waals surface area contributed by atoms with Crippen molar-refractivity contribution in [1.29, 1.82) is 0 Å². The van der Waals surface area contributed by atoms with Crippen LogP contribution in [0.15, 0.2) is 18.2 Å². The van der Waals surface area contributed by atoms with Gasteiger partial charge in [-0.15, -0.1) is 11.3 Å². The third-order valence-electron chi connectivity index (χ3n) is 2.54. The smallest absolute Gasteiger partial charge is 0.404 e. The third-order valence-corrected chi connectivity index (χ3v) is 3.71. The third kappa shape index (κ3) is 2.80. The molecular weight excluding hydrogens is 285 g/mol. The molecule has 0 spiro atoms. The van der Waals surface area contributed by atoms with Crippen LogP contribution in [0.1, 0.15) is 9.67 Å². The van der Waals surface area contributed by atoms with Gasteiger partial charge in [0.05, 0.1) is 17.6 Å². The Kier molecular flexibility index (Phi) is 4.04. The number of hydrogen-bond acceptors (Lipinski definition) is 5. The van der Waals surface area contributed by atoms with Gasteiger partial charge in [0.15, 0.2) is 0 Å². The molecule has 0 aliphatic carbocycles. The van der Waals surface area contributed by atoms with Gasteiger partial charge in [0.1, 0.15) is 17.3 Å². The van der Waals surface area contributed by atoms with Crippen molar-refractivity contribution in [2.24, 2.45) is 5.73 Å². The van der Waals surface area contributed by atoms with E-state index in [1.807, 2.05) is 0 Å². The average molecular weight is 297 g/mol. The van der Waals surface area contributed by atoms with E-state index in [9.17, 15) is 14.0 Å². The van der Waals surface area contributed by atoms with Gasteiger partial charge in [0.2, 0.25) is 0 Å². The molecule has 8 heteroatoms. The number of nitrogens with two attached hydrogens (primary N) is 2. The van der Waals surface area contributed by atoms with Crippen LogP contribution in [0.3, 0.4) is 0 Å². The Bertz CT molecular complexity index is 671. The minimum absolute atomic E-state index is 0.0414. The lowest BCUT2D eigenvalue weighted by atomic mass is 10.2. The monoisotopic (exact) mass is 297 g/mol. The molecule has 0 atom stereocenters. The summed E-state index contributed by atoms with van der Waals surface area (Å²) < 4.78 is 18.7. The number of ether oxygens (including phenoxy) is 1. The second kappa shape index (κ2) is 5.74. The summed E-state index contributed by atoms with van der Waals surface area (Å²) in [5.41, 5.74) is 10.7. The van der Waals surface area contributed by atoms with Crippen LogP contribution < -0.4 is 16.8 Å². The van der Waals surface area contributed by atoms with Gasteiger partial charge in [-0.2, -0.15) is 0 Å². The van der Waals surface area contributed by atoms with Crippen molar-refractivity contribution >= 4 is 39.1 Å². The number of benzene rings is 1. The van der Waals surface area contributed by atoms with Crippen LogP contribution in [0.25, 0.3) is 10.1 Å². The molecule has 0 saturated carbocycles. The number of carbonyl (C=O) groups is 2. The molecule has 5 N–H and O–H groups in total. The Morgan fingerprint density at radius 3 is 2.80 bits per heavy atom. The van der Waals surface area contributed by atoms with E-state index in [4.69, 9.17) is 11.5 Å². The van der Waals surface area contributed by atoms with E-state index < -0.39 is 17.8 Å². The molecule has 2 aromatic rings. The number of rotatable bonds is 4. The first-order valence-corrected chi connectivity index (χ1v) is 6.49. The van der Waals surface area contributed by atoms with Gasteiger partial charge in [0, 0.05) is 4.70 Å². The zero-order valence-corrected chi connectivity index (χ0v) is 11.1. The van der Waals surface area contributed by atoms with Crippen LogP contribution >= 0.6 is 11.3 Å². The van der Waals surface area contributed by atoms with E-state index in [1.165, 1.54) is 6.07 Å². The largest absolute Gasteiger partial charge is 0.448 e. The van der Waals surface area contributed by atoms with Gasteiger partial charge in [-0.1, -0.05) is 6.07 Å². The summed E-state index contributed by atoms with van der Waals surface area (Å²) in [5.74, 6) is -0.913. The Labute approximate surface area is 117 Å². The highest BCUT2D eigenvalue weighted by molar-refractivity contribution is 7.21. The summed E-state index contributed by atoms with van der Waals surface area (Å²) >= 11 is 1.10. The Balaban J connectivity index is 2.13. The maximum atomic E-state index is 13.6. The molecule has 1 heterocycles. The summed E-state index contributed by atoms with van der Waals surface area (Å²) in [5, 5.41) is 2.76. The number of nitrogen functional groups attached to an aromatic ring is 1. The normalized spacial score (nSPS) is 10.4. The molecule has 1 aromatic carbocycles. The fourth-order valence-electron chi connectivity index (χ4n) is 1.69. The number of fused-ring (bicyclic) bond motifs is 1. The summed E-state index contributed by atoms with van der Waals surface area (Å²) in [6, 6.07) is 4.52. The van der Waals surface area contributed by atoms with Crippen molar-refractivity contribution in [3.8, 4) is 0 Å². The Hall–Kier alpha value is -2.35. The van der Waals surface area contributed by atoms with Gasteiger partial charge in [0.25, 0.3) is 5.91 Å².